The predicted octanol–water partition coefficient (Wildman–Crippen LogP) is 0.712. The van der Waals surface area contributed by atoms with E-state index in [-0.39, 0.29) is 31.7 Å². The molecule has 0 saturated heterocycles. The van der Waals surface area contributed by atoms with Crippen molar-refractivity contribution in [2.45, 2.75) is 0 Å². The second-order valence-corrected chi connectivity index (χ2v) is 2.85. The molecule has 64 valence electrons. The maximum absolute atomic E-state index is 10.1. The second-order valence-electron chi connectivity index (χ2n) is 1.82. The van der Waals surface area contributed by atoms with Crippen LogP contribution in [0.1, 0.15) is 2.85 Å². The maximum Gasteiger partial charge on any atom is 2.00 e. The Hall–Kier alpha value is -0.304. The third-order valence-electron chi connectivity index (χ3n) is 0.945. The zero-order valence-corrected chi connectivity index (χ0v) is 8.40. The summed E-state index contributed by atoms with van der Waals surface area (Å²) in [6.07, 6.45) is 0. The van der Waals surface area contributed by atoms with Crippen LogP contribution in [0.2, 0.25) is 0 Å². The molecule has 0 spiro atoms. The van der Waals surface area contributed by atoms with Crippen molar-refractivity contribution in [1.82, 2.24) is 0 Å². The molecule has 0 fully saturated rings. The summed E-state index contributed by atoms with van der Waals surface area (Å²) in [5.74, 6) is 0.0926. The van der Waals surface area contributed by atoms with Crippen molar-refractivity contribution in [3.05, 3.63) is 30.3 Å². The Morgan fingerprint density at radius 2 is 1.75 bits per heavy atom. The van der Waals surface area contributed by atoms with Gasteiger partial charge >= 0.3 is 33.5 Å². The fourth-order valence-corrected chi connectivity index (χ4v) is 0.952. The molecule has 0 aliphatic carbocycles. The van der Waals surface area contributed by atoms with Crippen molar-refractivity contribution >= 4 is 33.5 Å². The molecule has 12 heavy (non-hydrogen) atoms. The van der Waals surface area contributed by atoms with Crippen molar-refractivity contribution in [1.29, 1.82) is 0 Å². The van der Waals surface area contributed by atoms with E-state index in [1.807, 2.05) is 0 Å². The summed E-state index contributed by atoms with van der Waals surface area (Å²) in [6, 6.07) is 7.75. The summed E-state index contributed by atoms with van der Waals surface area (Å²) in [5.41, 5.74) is 0. The Morgan fingerprint density at radius 1 is 1.25 bits per heavy atom. The first-order valence-electron chi connectivity index (χ1n) is 2.80. The Bertz CT molecular complexity index is 329. The number of hydrogen-bond donors (Lipinski definition) is 1. The Labute approximate surface area is 89.6 Å². The van der Waals surface area contributed by atoms with Crippen LogP contribution in [-0.4, -0.2) is 36.0 Å². The normalized spacial score (nSPS) is 10.1. The van der Waals surface area contributed by atoms with Crippen LogP contribution in [0.25, 0.3) is 0 Å². The molecule has 0 aliphatic heterocycles. The Kier molecular flexibility index (Phi) is 4.54. The first-order chi connectivity index (χ1) is 5.08. The number of rotatable bonds is 2. The number of hydrogen-bond acceptors (Lipinski definition) is 3. The Balaban J connectivity index is -0.000000403. The molecular formula is C6H8MgO4S. The molecule has 0 radical (unpaired) electrons. The van der Waals surface area contributed by atoms with Crippen LogP contribution in [0.4, 0.5) is 0 Å². The van der Waals surface area contributed by atoms with Gasteiger partial charge in [-0.3, -0.25) is 4.55 Å². The van der Waals surface area contributed by atoms with Crippen molar-refractivity contribution in [2.75, 3.05) is 0 Å². The summed E-state index contributed by atoms with van der Waals surface area (Å²) >= 11 is 0. The summed E-state index contributed by atoms with van der Waals surface area (Å²) in [5, 5.41) is 0. The van der Waals surface area contributed by atoms with Gasteiger partial charge in [0, 0.05) is 0 Å². The predicted molar refractivity (Wildman–Crippen MR) is 46.6 cm³/mol. The van der Waals surface area contributed by atoms with Crippen LogP contribution < -0.4 is 4.18 Å². The molecule has 0 aromatic heterocycles. The molecule has 1 rings (SSSR count). The molecule has 1 aromatic rings. The molecule has 0 atom stereocenters. The van der Waals surface area contributed by atoms with E-state index in [9.17, 15) is 8.42 Å². The van der Waals surface area contributed by atoms with Gasteiger partial charge in [-0.2, -0.15) is 8.42 Å². The van der Waals surface area contributed by atoms with Gasteiger partial charge in [-0.1, -0.05) is 18.2 Å². The minimum absolute atomic E-state index is 0. The zero-order chi connectivity index (χ0) is 8.32. The molecule has 4 nitrogen and oxygen atoms in total. The minimum atomic E-state index is -4.38. The van der Waals surface area contributed by atoms with Crippen LogP contribution in [0.15, 0.2) is 30.3 Å². The average molecular weight is 200 g/mol. The van der Waals surface area contributed by atoms with E-state index in [1.54, 1.807) is 18.2 Å². The summed E-state index contributed by atoms with van der Waals surface area (Å²) in [7, 11) is -4.38. The molecule has 0 aliphatic rings. The van der Waals surface area contributed by atoms with Crippen LogP contribution in [-0.2, 0) is 10.4 Å². The molecule has 0 saturated carbocycles. The molecule has 1 N–H and O–H groups in total. The van der Waals surface area contributed by atoms with E-state index >= 15 is 0 Å². The van der Waals surface area contributed by atoms with Crippen LogP contribution >= 0.6 is 0 Å². The van der Waals surface area contributed by atoms with Gasteiger partial charge in [0.15, 0.2) is 0 Å². The molecular weight excluding hydrogens is 192 g/mol. The fraction of sp³-hybridized carbons (Fsp3) is 0. The minimum Gasteiger partial charge on any atom is -1.00 e. The van der Waals surface area contributed by atoms with Gasteiger partial charge in [-0.25, -0.2) is 0 Å². The molecule has 0 unspecified atom stereocenters. The van der Waals surface area contributed by atoms with E-state index in [2.05, 4.69) is 4.18 Å². The zero-order valence-electron chi connectivity index (χ0n) is 8.17. The summed E-state index contributed by atoms with van der Waals surface area (Å²) < 4.78 is 32.6. The molecule has 1 aromatic carbocycles. The number of para-hydroxylation sites is 1. The van der Waals surface area contributed by atoms with Crippen LogP contribution in [0.3, 0.4) is 0 Å². The van der Waals surface area contributed by atoms with Gasteiger partial charge in [0.05, 0.1) is 0 Å². The van der Waals surface area contributed by atoms with E-state index in [0.29, 0.717) is 0 Å². The fourth-order valence-electron chi connectivity index (χ4n) is 0.598. The standard InChI is InChI=1S/C6H6O4S.Mg.2H/c7-11(8,9)10-6-4-2-1-3-5-6;;;/h1-5H,(H,7,8,9);;;/q;+2;2*-1. The van der Waals surface area contributed by atoms with Crippen molar-refractivity contribution in [2.24, 2.45) is 0 Å². The van der Waals surface area contributed by atoms with Gasteiger partial charge in [0.1, 0.15) is 5.75 Å². The average Bonchev–Trinajstić information content (AvgIpc) is 1.85. The Morgan fingerprint density at radius 3 is 2.17 bits per heavy atom. The topological polar surface area (TPSA) is 63.6 Å². The van der Waals surface area contributed by atoms with Gasteiger partial charge in [0.2, 0.25) is 0 Å². The van der Waals surface area contributed by atoms with Crippen molar-refractivity contribution < 1.29 is 20.0 Å². The van der Waals surface area contributed by atoms with Crippen molar-refractivity contribution in [3.8, 4) is 5.75 Å². The molecule has 0 amide bonds. The SMILES string of the molecule is O=S(=O)(O)Oc1ccccc1.[H-].[H-].[Mg+2]. The van der Waals surface area contributed by atoms with Crippen LogP contribution in [0.5, 0.6) is 5.75 Å². The smallest absolute Gasteiger partial charge is 1.00 e. The summed E-state index contributed by atoms with van der Waals surface area (Å²) in [4.78, 5) is 0. The molecule has 0 heterocycles. The summed E-state index contributed by atoms with van der Waals surface area (Å²) in [6.45, 7) is 0. The third kappa shape index (κ3) is 4.55. The maximum atomic E-state index is 10.1. The van der Waals surface area contributed by atoms with Gasteiger partial charge in [-0.05, 0) is 12.1 Å². The van der Waals surface area contributed by atoms with Crippen molar-refractivity contribution in [3.63, 3.8) is 0 Å². The first-order valence-corrected chi connectivity index (χ1v) is 4.16. The monoisotopic (exact) mass is 200 g/mol. The van der Waals surface area contributed by atoms with E-state index in [0.717, 1.165) is 0 Å². The largest absolute Gasteiger partial charge is 2.00 e. The van der Waals surface area contributed by atoms with E-state index < -0.39 is 10.4 Å². The quantitative estimate of drug-likeness (QED) is 0.564. The number of benzene rings is 1. The second kappa shape index (κ2) is 4.66. The molecule has 0 bridgehead atoms. The van der Waals surface area contributed by atoms with Gasteiger partial charge < -0.3 is 7.04 Å². The van der Waals surface area contributed by atoms with Gasteiger partial charge in [-0.15, -0.1) is 0 Å². The van der Waals surface area contributed by atoms with Crippen LogP contribution in [0, 0.1) is 0 Å². The van der Waals surface area contributed by atoms with E-state index in [1.165, 1.54) is 12.1 Å². The molecule has 6 heteroatoms. The third-order valence-corrected chi connectivity index (χ3v) is 1.35. The van der Waals surface area contributed by atoms with Gasteiger partial charge in [0.25, 0.3) is 0 Å². The van der Waals surface area contributed by atoms with E-state index in [4.69, 9.17) is 4.55 Å². The first kappa shape index (κ1) is 11.7.